The van der Waals surface area contributed by atoms with Crippen LogP contribution < -0.4 is 5.73 Å². The average molecular weight is 201 g/mol. The van der Waals surface area contributed by atoms with Gasteiger partial charge in [-0.25, -0.2) is 0 Å². The van der Waals surface area contributed by atoms with Gasteiger partial charge in [0.25, 0.3) is 0 Å². The van der Waals surface area contributed by atoms with Gasteiger partial charge in [0.1, 0.15) is 0 Å². The lowest BCUT2D eigenvalue weighted by Gasteiger charge is -2.35. The van der Waals surface area contributed by atoms with E-state index in [9.17, 15) is 0 Å². The van der Waals surface area contributed by atoms with Crippen molar-refractivity contribution in [2.75, 3.05) is 26.2 Å². The molecule has 2 unspecified atom stereocenters. The summed E-state index contributed by atoms with van der Waals surface area (Å²) in [6.07, 6.45) is 0.642. The number of aliphatic hydroxyl groups is 1. The fourth-order valence-electron chi connectivity index (χ4n) is 1.70. The van der Waals surface area contributed by atoms with E-state index in [-0.39, 0.29) is 24.7 Å². The molecule has 0 amide bonds. The molecule has 1 heterocycles. The van der Waals surface area contributed by atoms with Crippen LogP contribution in [0, 0.1) is 5.41 Å². The predicted octanol–water partition coefficient (Wildman–Crippen LogP) is -0.606. The van der Waals surface area contributed by atoms with Gasteiger partial charge in [-0.15, -0.1) is 0 Å². The van der Waals surface area contributed by atoms with Crippen LogP contribution in [-0.4, -0.2) is 54.3 Å². The molecule has 4 N–H and O–H groups in total. The first-order chi connectivity index (χ1) is 6.61. The monoisotopic (exact) mass is 201 g/mol. The normalized spacial score (nSPS) is 29.0. The topological polar surface area (TPSA) is 82.6 Å². The van der Waals surface area contributed by atoms with Crippen LogP contribution in [0.15, 0.2) is 0 Å². The highest BCUT2D eigenvalue weighted by Crippen LogP contribution is 2.10. The molecule has 0 saturated carbocycles. The number of hydrogen-bond donors (Lipinski definition) is 3. The van der Waals surface area contributed by atoms with Crippen LogP contribution in [0.2, 0.25) is 0 Å². The zero-order valence-electron chi connectivity index (χ0n) is 8.57. The lowest BCUT2D eigenvalue weighted by molar-refractivity contribution is -0.0944. The molecule has 1 rings (SSSR count). The van der Waals surface area contributed by atoms with E-state index >= 15 is 0 Å². The highest BCUT2D eigenvalue weighted by molar-refractivity contribution is 5.76. The molecule has 0 aromatic carbocycles. The zero-order chi connectivity index (χ0) is 10.6. The molecule has 0 radical (unpaired) electrons. The number of aliphatic hydroxyl groups excluding tert-OH is 1. The maximum atomic E-state index is 8.99. The van der Waals surface area contributed by atoms with Gasteiger partial charge >= 0.3 is 0 Å². The molecular formula is C9H19N3O2. The molecule has 2 atom stereocenters. The SMILES string of the molecule is CC1CN(CCC(=N)N)CC(CO)O1. The smallest absolute Gasteiger partial charge is 0.0936 e. The van der Waals surface area contributed by atoms with E-state index in [4.69, 9.17) is 21.0 Å². The standard InChI is InChI=1S/C9H19N3O2/c1-7-4-12(3-2-9(10)11)5-8(6-13)14-7/h7-8,13H,2-6H2,1H3,(H3,10,11). The van der Waals surface area contributed by atoms with Crippen LogP contribution in [-0.2, 0) is 4.74 Å². The Morgan fingerprint density at radius 2 is 2.36 bits per heavy atom. The van der Waals surface area contributed by atoms with Gasteiger partial charge in [0.05, 0.1) is 24.7 Å². The summed E-state index contributed by atoms with van der Waals surface area (Å²) >= 11 is 0. The first-order valence-electron chi connectivity index (χ1n) is 4.93. The van der Waals surface area contributed by atoms with Crippen molar-refractivity contribution < 1.29 is 9.84 Å². The van der Waals surface area contributed by atoms with Gasteiger partial charge in [-0.1, -0.05) is 0 Å². The Hall–Kier alpha value is -0.650. The summed E-state index contributed by atoms with van der Waals surface area (Å²) in [6, 6.07) is 0. The molecule has 0 spiro atoms. The summed E-state index contributed by atoms with van der Waals surface area (Å²) in [4.78, 5) is 2.18. The molecule has 1 fully saturated rings. The number of nitrogens with one attached hydrogen (secondary N) is 1. The van der Waals surface area contributed by atoms with Crippen molar-refractivity contribution in [1.29, 1.82) is 5.41 Å². The van der Waals surface area contributed by atoms with Crippen LogP contribution in [0.1, 0.15) is 13.3 Å². The second-order valence-electron chi connectivity index (χ2n) is 3.79. The molecule has 1 saturated heterocycles. The Balaban J connectivity index is 2.33. The summed E-state index contributed by atoms with van der Waals surface area (Å²) < 4.78 is 5.50. The largest absolute Gasteiger partial charge is 0.394 e. The van der Waals surface area contributed by atoms with Crippen LogP contribution >= 0.6 is 0 Å². The number of amidine groups is 1. The summed E-state index contributed by atoms with van der Waals surface area (Å²) in [6.45, 7) is 4.40. The molecule has 0 aromatic heterocycles. The van der Waals surface area contributed by atoms with E-state index < -0.39 is 0 Å². The van der Waals surface area contributed by atoms with Gasteiger partial charge in [-0.3, -0.25) is 10.3 Å². The maximum Gasteiger partial charge on any atom is 0.0936 e. The van der Waals surface area contributed by atoms with E-state index in [2.05, 4.69) is 4.90 Å². The molecule has 0 bridgehead atoms. The number of rotatable bonds is 4. The molecule has 14 heavy (non-hydrogen) atoms. The van der Waals surface area contributed by atoms with Gasteiger partial charge in [-0.2, -0.15) is 0 Å². The second-order valence-corrected chi connectivity index (χ2v) is 3.79. The number of nitrogens with zero attached hydrogens (tertiary/aromatic N) is 1. The summed E-state index contributed by atoms with van der Waals surface area (Å²) in [5, 5.41) is 16.1. The zero-order valence-corrected chi connectivity index (χ0v) is 8.57. The summed E-state index contributed by atoms with van der Waals surface area (Å²) in [7, 11) is 0. The van der Waals surface area contributed by atoms with E-state index in [0.717, 1.165) is 19.6 Å². The van der Waals surface area contributed by atoms with Crippen molar-refractivity contribution >= 4 is 5.84 Å². The van der Waals surface area contributed by atoms with Crippen molar-refractivity contribution in [3.05, 3.63) is 0 Å². The van der Waals surface area contributed by atoms with E-state index in [0.29, 0.717) is 6.42 Å². The van der Waals surface area contributed by atoms with Gasteiger partial charge in [-0.05, 0) is 6.92 Å². The number of ether oxygens (including phenoxy) is 1. The highest BCUT2D eigenvalue weighted by atomic mass is 16.5. The molecule has 5 heteroatoms. The molecule has 82 valence electrons. The first-order valence-corrected chi connectivity index (χ1v) is 4.93. The lowest BCUT2D eigenvalue weighted by Crippen LogP contribution is -2.48. The van der Waals surface area contributed by atoms with Crippen molar-refractivity contribution in [3.8, 4) is 0 Å². The van der Waals surface area contributed by atoms with Crippen molar-refractivity contribution in [3.63, 3.8) is 0 Å². The quantitative estimate of drug-likeness (QED) is 0.419. The van der Waals surface area contributed by atoms with Gasteiger partial charge < -0.3 is 15.6 Å². The Kier molecular flexibility index (Phi) is 4.31. The third-order valence-corrected chi connectivity index (χ3v) is 2.30. The van der Waals surface area contributed by atoms with E-state index in [1.807, 2.05) is 6.92 Å². The van der Waals surface area contributed by atoms with Crippen LogP contribution in [0.3, 0.4) is 0 Å². The minimum atomic E-state index is -0.0919. The van der Waals surface area contributed by atoms with E-state index in [1.165, 1.54) is 0 Å². The Bertz CT molecular complexity index is 198. The fourth-order valence-corrected chi connectivity index (χ4v) is 1.70. The van der Waals surface area contributed by atoms with Gasteiger partial charge in [0.15, 0.2) is 0 Å². The molecular weight excluding hydrogens is 182 g/mol. The highest BCUT2D eigenvalue weighted by Gasteiger charge is 2.24. The molecule has 0 aliphatic carbocycles. The summed E-state index contributed by atoms with van der Waals surface area (Å²) in [5.41, 5.74) is 5.29. The maximum absolute atomic E-state index is 8.99. The third-order valence-electron chi connectivity index (χ3n) is 2.30. The lowest BCUT2D eigenvalue weighted by atomic mass is 10.2. The van der Waals surface area contributed by atoms with Gasteiger partial charge in [0.2, 0.25) is 0 Å². The summed E-state index contributed by atoms with van der Waals surface area (Å²) in [5.74, 6) is 0.213. The van der Waals surface area contributed by atoms with Crippen molar-refractivity contribution in [2.45, 2.75) is 25.6 Å². The number of nitrogens with two attached hydrogens (primary N) is 1. The second kappa shape index (κ2) is 5.29. The predicted molar refractivity (Wildman–Crippen MR) is 54.4 cm³/mol. The average Bonchev–Trinajstić information content (AvgIpc) is 2.14. The Labute approximate surface area is 84.3 Å². The Morgan fingerprint density at radius 1 is 1.64 bits per heavy atom. The molecule has 1 aliphatic rings. The minimum absolute atomic E-state index is 0.0565. The van der Waals surface area contributed by atoms with Crippen LogP contribution in [0.5, 0.6) is 0 Å². The van der Waals surface area contributed by atoms with Crippen molar-refractivity contribution in [1.82, 2.24) is 4.90 Å². The third kappa shape index (κ3) is 3.61. The molecule has 0 aromatic rings. The number of hydrogen-bond acceptors (Lipinski definition) is 4. The minimum Gasteiger partial charge on any atom is -0.394 e. The fraction of sp³-hybridized carbons (Fsp3) is 0.889. The van der Waals surface area contributed by atoms with Crippen molar-refractivity contribution in [2.24, 2.45) is 5.73 Å². The van der Waals surface area contributed by atoms with Crippen LogP contribution in [0.4, 0.5) is 0 Å². The van der Waals surface area contributed by atoms with Gasteiger partial charge in [0, 0.05) is 26.1 Å². The van der Waals surface area contributed by atoms with Crippen LogP contribution in [0.25, 0.3) is 0 Å². The first kappa shape index (κ1) is 11.4. The number of morpholine rings is 1. The molecule has 5 nitrogen and oxygen atoms in total. The Morgan fingerprint density at radius 3 is 2.93 bits per heavy atom. The van der Waals surface area contributed by atoms with E-state index in [1.54, 1.807) is 0 Å². The molecule has 1 aliphatic heterocycles.